The van der Waals surface area contributed by atoms with Crippen molar-refractivity contribution in [1.29, 1.82) is 0 Å². The van der Waals surface area contributed by atoms with Gasteiger partial charge in [0, 0.05) is 24.3 Å². The molecule has 1 saturated carbocycles. The number of carbonyl (C=O) groups is 2. The van der Waals surface area contributed by atoms with Gasteiger partial charge in [-0.3, -0.25) is 4.79 Å². The number of hydrogen-bond donors (Lipinski definition) is 2. The Balaban J connectivity index is 2.03. The molecular formula is C15H21N3O2. The summed E-state index contributed by atoms with van der Waals surface area (Å²) in [4.78, 5) is 25.1. The van der Waals surface area contributed by atoms with Gasteiger partial charge in [-0.1, -0.05) is 6.92 Å². The summed E-state index contributed by atoms with van der Waals surface area (Å²) in [5, 5.41) is 2.48. The van der Waals surface area contributed by atoms with Crippen LogP contribution < -0.4 is 11.1 Å². The molecule has 108 valence electrons. The van der Waals surface area contributed by atoms with Crippen molar-refractivity contribution in [3.05, 3.63) is 29.8 Å². The highest BCUT2D eigenvalue weighted by atomic mass is 16.2. The summed E-state index contributed by atoms with van der Waals surface area (Å²) >= 11 is 0. The molecule has 2 rings (SSSR count). The number of urea groups is 1. The third-order valence-electron chi connectivity index (χ3n) is 3.36. The molecule has 0 unspecified atom stereocenters. The molecule has 0 bridgehead atoms. The largest absolute Gasteiger partial charge is 0.351 e. The number of rotatable bonds is 6. The molecule has 1 aromatic rings. The minimum absolute atomic E-state index is 0.0596. The van der Waals surface area contributed by atoms with Crippen molar-refractivity contribution in [2.75, 3.05) is 18.4 Å². The van der Waals surface area contributed by atoms with Crippen molar-refractivity contribution in [2.24, 2.45) is 11.7 Å². The Bertz CT molecular complexity index is 480. The van der Waals surface area contributed by atoms with Crippen LogP contribution in [0.4, 0.5) is 10.5 Å². The van der Waals surface area contributed by atoms with Crippen molar-refractivity contribution in [3.8, 4) is 0 Å². The zero-order valence-electron chi connectivity index (χ0n) is 11.8. The lowest BCUT2D eigenvalue weighted by atomic mass is 10.1. The highest BCUT2D eigenvalue weighted by molar-refractivity contribution is 5.95. The minimum Gasteiger partial charge on any atom is -0.351 e. The molecule has 1 fully saturated rings. The van der Waals surface area contributed by atoms with E-state index in [2.05, 4.69) is 12.2 Å². The van der Waals surface area contributed by atoms with E-state index in [-0.39, 0.29) is 5.91 Å². The average Bonchev–Trinajstić information content (AvgIpc) is 3.22. The maximum absolute atomic E-state index is 12.4. The summed E-state index contributed by atoms with van der Waals surface area (Å²) in [6.07, 6.45) is 3.42. The van der Waals surface area contributed by atoms with Gasteiger partial charge in [-0.15, -0.1) is 0 Å². The van der Waals surface area contributed by atoms with Gasteiger partial charge in [0.1, 0.15) is 0 Å². The van der Waals surface area contributed by atoms with E-state index in [0.717, 1.165) is 19.5 Å². The highest BCUT2D eigenvalue weighted by Crippen LogP contribution is 2.30. The van der Waals surface area contributed by atoms with Crippen LogP contribution in [0, 0.1) is 5.92 Å². The smallest absolute Gasteiger partial charge is 0.316 e. The first kappa shape index (κ1) is 14.4. The van der Waals surface area contributed by atoms with E-state index in [1.165, 1.54) is 12.8 Å². The predicted molar refractivity (Wildman–Crippen MR) is 78.6 cm³/mol. The Morgan fingerprint density at radius 1 is 1.30 bits per heavy atom. The molecule has 5 heteroatoms. The molecule has 0 saturated heterocycles. The summed E-state index contributed by atoms with van der Waals surface area (Å²) < 4.78 is 0. The first-order chi connectivity index (χ1) is 9.60. The van der Waals surface area contributed by atoms with Crippen LogP contribution in [0.2, 0.25) is 0 Å². The van der Waals surface area contributed by atoms with Gasteiger partial charge in [-0.05, 0) is 49.4 Å². The maximum atomic E-state index is 12.4. The molecular weight excluding hydrogens is 254 g/mol. The Morgan fingerprint density at radius 3 is 2.45 bits per heavy atom. The van der Waals surface area contributed by atoms with Crippen LogP contribution >= 0.6 is 0 Å². The quantitative estimate of drug-likeness (QED) is 0.836. The van der Waals surface area contributed by atoms with Crippen molar-refractivity contribution in [2.45, 2.75) is 26.2 Å². The summed E-state index contributed by atoms with van der Waals surface area (Å²) in [6, 6.07) is 6.23. The van der Waals surface area contributed by atoms with E-state index in [9.17, 15) is 9.59 Å². The van der Waals surface area contributed by atoms with Crippen LogP contribution in [0.5, 0.6) is 0 Å². The third-order valence-corrected chi connectivity index (χ3v) is 3.36. The second kappa shape index (κ2) is 6.41. The number of primary amides is 1. The molecule has 3 amide bonds. The molecule has 0 heterocycles. The average molecular weight is 275 g/mol. The Kier molecular flexibility index (Phi) is 4.61. The SMILES string of the molecule is CCCN(CC1CC1)C(=O)c1ccc(NC(N)=O)cc1. The van der Waals surface area contributed by atoms with Gasteiger partial charge in [0.25, 0.3) is 5.91 Å². The standard InChI is InChI=1S/C15H21N3O2/c1-2-9-18(10-11-3-4-11)14(19)12-5-7-13(8-6-12)17-15(16)20/h5-8,11H,2-4,9-10H2,1H3,(H3,16,17,20). The fourth-order valence-electron chi connectivity index (χ4n) is 2.18. The summed E-state index contributed by atoms with van der Waals surface area (Å²) in [5.74, 6) is 0.741. The molecule has 0 aliphatic heterocycles. The number of amides is 3. The van der Waals surface area contributed by atoms with Crippen LogP contribution in [0.15, 0.2) is 24.3 Å². The van der Waals surface area contributed by atoms with Gasteiger partial charge in [-0.2, -0.15) is 0 Å². The normalized spacial score (nSPS) is 13.8. The number of anilines is 1. The highest BCUT2D eigenvalue weighted by Gasteiger charge is 2.26. The van der Waals surface area contributed by atoms with E-state index in [1.54, 1.807) is 24.3 Å². The molecule has 1 aromatic carbocycles. The van der Waals surface area contributed by atoms with Gasteiger partial charge in [0.2, 0.25) is 0 Å². The van der Waals surface area contributed by atoms with Crippen molar-refractivity contribution in [1.82, 2.24) is 4.90 Å². The van der Waals surface area contributed by atoms with Gasteiger partial charge in [0.05, 0.1) is 0 Å². The van der Waals surface area contributed by atoms with Crippen LogP contribution in [-0.4, -0.2) is 29.9 Å². The van der Waals surface area contributed by atoms with Gasteiger partial charge >= 0.3 is 6.03 Å². The van der Waals surface area contributed by atoms with E-state index >= 15 is 0 Å². The van der Waals surface area contributed by atoms with Gasteiger partial charge < -0.3 is 16.0 Å². The topological polar surface area (TPSA) is 75.4 Å². The van der Waals surface area contributed by atoms with E-state index in [0.29, 0.717) is 17.2 Å². The molecule has 20 heavy (non-hydrogen) atoms. The number of benzene rings is 1. The van der Waals surface area contributed by atoms with E-state index in [4.69, 9.17) is 5.73 Å². The second-order valence-corrected chi connectivity index (χ2v) is 5.26. The van der Waals surface area contributed by atoms with Crippen LogP contribution in [0.1, 0.15) is 36.5 Å². The molecule has 1 aliphatic carbocycles. The van der Waals surface area contributed by atoms with Crippen molar-refractivity contribution < 1.29 is 9.59 Å². The summed E-state index contributed by atoms with van der Waals surface area (Å²) in [6.45, 7) is 3.72. The molecule has 3 N–H and O–H groups in total. The van der Waals surface area contributed by atoms with Crippen LogP contribution in [0.25, 0.3) is 0 Å². The van der Waals surface area contributed by atoms with E-state index in [1.807, 2.05) is 4.90 Å². The maximum Gasteiger partial charge on any atom is 0.316 e. The molecule has 0 radical (unpaired) electrons. The van der Waals surface area contributed by atoms with Crippen molar-refractivity contribution >= 4 is 17.6 Å². The first-order valence-corrected chi connectivity index (χ1v) is 7.06. The van der Waals surface area contributed by atoms with Crippen LogP contribution in [-0.2, 0) is 0 Å². The van der Waals surface area contributed by atoms with Crippen LogP contribution in [0.3, 0.4) is 0 Å². The number of nitrogens with two attached hydrogens (primary N) is 1. The number of nitrogens with zero attached hydrogens (tertiary/aromatic N) is 1. The molecule has 0 spiro atoms. The monoisotopic (exact) mass is 275 g/mol. The third kappa shape index (κ3) is 3.98. The minimum atomic E-state index is -0.606. The number of hydrogen-bond acceptors (Lipinski definition) is 2. The molecule has 5 nitrogen and oxygen atoms in total. The number of nitrogens with one attached hydrogen (secondary N) is 1. The lowest BCUT2D eigenvalue weighted by Gasteiger charge is -2.22. The zero-order chi connectivity index (χ0) is 14.5. The molecule has 1 aliphatic rings. The summed E-state index contributed by atoms with van der Waals surface area (Å²) in [7, 11) is 0. The Labute approximate surface area is 119 Å². The molecule has 0 aromatic heterocycles. The van der Waals surface area contributed by atoms with E-state index < -0.39 is 6.03 Å². The molecule has 0 atom stereocenters. The van der Waals surface area contributed by atoms with Gasteiger partial charge in [-0.25, -0.2) is 4.79 Å². The zero-order valence-corrected chi connectivity index (χ0v) is 11.8. The fourth-order valence-corrected chi connectivity index (χ4v) is 2.18. The second-order valence-electron chi connectivity index (χ2n) is 5.26. The number of carbonyl (C=O) groups excluding carboxylic acids is 2. The lowest BCUT2D eigenvalue weighted by molar-refractivity contribution is 0.0748. The first-order valence-electron chi connectivity index (χ1n) is 7.06. The predicted octanol–water partition coefficient (Wildman–Crippen LogP) is 2.44. The Morgan fingerprint density at radius 2 is 1.95 bits per heavy atom. The fraction of sp³-hybridized carbons (Fsp3) is 0.467. The summed E-state index contributed by atoms with van der Waals surface area (Å²) in [5.41, 5.74) is 6.29. The Hall–Kier alpha value is -2.04. The van der Waals surface area contributed by atoms with Gasteiger partial charge in [0.15, 0.2) is 0 Å². The van der Waals surface area contributed by atoms with Crippen molar-refractivity contribution in [3.63, 3.8) is 0 Å². The lowest BCUT2D eigenvalue weighted by Crippen LogP contribution is -2.33.